The number of epoxide rings is 1. The molecule has 1 saturated heterocycles. The van der Waals surface area contributed by atoms with E-state index in [4.69, 9.17) is 5.73 Å². The standard InChI is InChI=1S/C4H7F2NO3S/c5-4(6,11(8)9)1-2-3(7)10-2/h2-3,11H,1,7H2. The van der Waals surface area contributed by atoms with Gasteiger partial charge in [0.2, 0.25) is 10.7 Å². The predicted octanol–water partition coefficient (Wildman–Crippen LogP) is -0.736. The average molecular weight is 187 g/mol. The summed E-state index contributed by atoms with van der Waals surface area (Å²) < 4.78 is 48.8. The first kappa shape index (κ1) is 8.82. The van der Waals surface area contributed by atoms with Crippen molar-refractivity contribution in [2.24, 2.45) is 5.73 Å². The van der Waals surface area contributed by atoms with Gasteiger partial charge in [0.15, 0.2) is 0 Å². The van der Waals surface area contributed by atoms with Gasteiger partial charge < -0.3 is 10.5 Å². The van der Waals surface area contributed by atoms with Crippen molar-refractivity contribution < 1.29 is 21.9 Å². The fraction of sp³-hybridized carbons (Fsp3) is 1.00. The molecule has 0 amide bonds. The third kappa shape index (κ3) is 2.08. The summed E-state index contributed by atoms with van der Waals surface area (Å²) in [6, 6.07) is 0. The Labute approximate surface area is 63.3 Å². The van der Waals surface area contributed by atoms with Crippen LogP contribution in [0.3, 0.4) is 0 Å². The van der Waals surface area contributed by atoms with Crippen molar-refractivity contribution in [2.45, 2.75) is 24.0 Å². The second kappa shape index (κ2) is 2.65. The van der Waals surface area contributed by atoms with E-state index < -0.39 is 34.7 Å². The van der Waals surface area contributed by atoms with Gasteiger partial charge in [0.25, 0.3) is 0 Å². The van der Waals surface area contributed by atoms with Crippen LogP contribution < -0.4 is 5.73 Å². The van der Waals surface area contributed by atoms with E-state index in [1.165, 1.54) is 0 Å². The monoisotopic (exact) mass is 187 g/mol. The quantitative estimate of drug-likeness (QED) is 0.451. The molecular formula is C4H7F2NO3S. The second-order valence-corrected chi connectivity index (χ2v) is 3.43. The molecule has 0 aromatic heterocycles. The summed E-state index contributed by atoms with van der Waals surface area (Å²) >= 11 is 0. The molecule has 1 aliphatic heterocycles. The minimum atomic E-state index is -3.72. The van der Waals surface area contributed by atoms with Gasteiger partial charge in [-0.2, -0.15) is 8.78 Å². The average Bonchev–Trinajstić information content (AvgIpc) is 2.45. The first-order chi connectivity index (χ1) is 4.93. The fourth-order valence-electron chi connectivity index (χ4n) is 0.637. The number of thiol groups is 1. The van der Waals surface area contributed by atoms with E-state index in [0.29, 0.717) is 0 Å². The van der Waals surface area contributed by atoms with E-state index in [1.54, 1.807) is 0 Å². The number of hydrogen-bond donors (Lipinski definition) is 2. The molecular weight excluding hydrogens is 180 g/mol. The summed E-state index contributed by atoms with van der Waals surface area (Å²) in [6.07, 6.45) is -2.37. The molecule has 2 atom stereocenters. The van der Waals surface area contributed by atoms with E-state index in [2.05, 4.69) is 4.74 Å². The number of ether oxygens (including phenoxy) is 1. The number of nitrogens with two attached hydrogens (primary N) is 1. The van der Waals surface area contributed by atoms with Gasteiger partial charge in [0.1, 0.15) is 12.3 Å². The molecule has 2 unspecified atom stereocenters. The first-order valence-electron chi connectivity index (χ1n) is 2.87. The van der Waals surface area contributed by atoms with Crippen LogP contribution in [-0.2, 0) is 15.4 Å². The minimum Gasteiger partial charge on any atom is -0.353 e. The Morgan fingerprint density at radius 2 is 2.00 bits per heavy atom. The molecule has 0 aromatic rings. The predicted molar refractivity (Wildman–Crippen MR) is 32.7 cm³/mol. The van der Waals surface area contributed by atoms with E-state index >= 15 is 0 Å². The Morgan fingerprint density at radius 1 is 1.55 bits per heavy atom. The SMILES string of the molecule is NC1OC1CC(F)(F)[SH](=O)=O. The molecule has 66 valence electrons. The topological polar surface area (TPSA) is 72.7 Å². The van der Waals surface area contributed by atoms with Gasteiger partial charge in [-0.3, -0.25) is 0 Å². The number of hydrogen-bond acceptors (Lipinski definition) is 4. The van der Waals surface area contributed by atoms with Gasteiger partial charge in [0.05, 0.1) is 6.42 Å². The lowest BCUT2D eigenvalue weighted by molar-refractivity contribution is 0.0769. The van der Waals surface area contributed by atoms with Crippen LogP contribution in [0.25, 0.3) is 0 Å². The lowest BCUT2D eigenvalue weighted by Crippen LogP contribution is -2.22. The van der Waals surface area contributed by atoms with E-state index in [-0.39, 0.29) is 0 Å². The Kier molecular flexibility index (Phi) is 2.13. The largest absolute Gasteiger partial charge is 0.353 e. The van der Waals surface area contributed by atoms with Crippen LogP contribution in [0.15, 0.2) is 0 Å². The van der Waals surface area contributed by atoms with Crippen molar-refractivity contribution in [3.63, 3.8) is 0 Å². The highest BCUT2D eigenvalue weighted by atomic mass is 32.2. The molecule has 1 rings (SSSR count). The van der Waals surface area contributed by atoms with E-state index in [9.17, 15) is 17.2 Å². The molecule has 1 heterocycles. The van der Waals surface area contributed by atoms with Crippen LogP contribution in [0.5, 0.6) is 0 Å². The molecule has 4 nitrogen and oxygen atoms in total. The van der Waals surface area contributed by atoms with Crippen molar-refractivity contribution in [3.8, 4) is 0 Å². The molecule has 0 spiro atoms. The van der Waals surface area contributed by atoms with E-state index in [1.807, 2.05) is 0 Å². The van der Waals surface area contributed by atoms with Crippen LogP contribution in [0, 0.1) is 0 Å². The number of rotatable bonds is 3. The van der Waals surface area contributed by atoms with Gasteiger partial charge >= 0.3 is 5.25 Å². The van der Waals surface area contributed by atoms with Crippen molar-refractivity contribution in [1.82, 2.24) is 0 Å². The lowest BCUT2D eigenvalue weighted by atomic mass is 10.3. The maximum Gasteiger partial charge on any atom is 0.345 e. The van der Waals surface area contributed by atoms with Gasteiger partial charge in [-0.25, -0.2) is 8.42 Å². The lowest BCUT2D eigenvalue weighted by Gasteiger charge is -2.04. The van der Waals surface area contributed by atoms with E-state index in [0.717, 1.165) is 0 Å². The van der Waals surface area contributed by atoms with Crippen molar-refractivity contribution >= 4 is 10.7 Å². The highest BCUT2D eigenvalue weighted by molar-refractivity contribution is 7.73. The highest BCUT2D eigenvalue weighted by Crippen LogP contribution is 2.30. The molecule has 2 N–H and O–H groups in total. The first-order valence-corrected chi connectivity index (χ1v) is 4.04. The molecule has 0 aromatic carbocycles. The Hall–Kier alpha value is -0.270. The van der Waals surface area contributed by atoms with Gasteiger partial charge in [-0.05, 0) is 0 Å². The Bertz CT molecular complexity index is 221. The summed E-state index contributed by atoms with van der Waals surface area (Å²) in [7, 11) is -3.72. The summed E-state index contributed by atoms with van der Waals surface area (Å²) in [5.41, 5.74) is 5.02. The third-order valence-corrected chi connectivity index (χ3v) is 2.05. The summed E-state index contributed by atoms with van der Waals surface area (Å²) in [5.74, 6) is 0. The van der Waals surface area contributed by atoms with Crippen molar-refractivity contribution in [1.29, 1.82) is 0 Å². The molecule has 0 bridgehead atoms. The van der Waals surface area contributed by atoms with Crippen LogP contribution in [0.1, 0.15) is 6.42 Å². The highest BCUT2D eigenvalue weighted by Gasteiger charge is 2.46. The molecule has 11 heavy (non-hydrogen) atoms. The van der Waals surface area contributed by atoms with Crippen LogP contribution >= 0.6 is 0 Å². The number of alkyl halides is 2. The van der Waals surface area contributed by atoms with Crippen LogP contribution in [-0.4, -0.2) is 26.0 Å². The van der Waals surface area contributed by atoms with Crippen molar-refractivity contribution in [2.75, 3.05) is 0 Å². The van der Waals surface area contributed by atoms with Crippen LogP contribution in [0.4, 0.5) is 8.78 Å². The second-order valence-electron chi connectivity index (χ2n) is 2.27. The number of halogens is 2. The molecule has 0 aliphatic carbocycles. The minimum absolute atomic E-state index is 0.726. The maximum atomic E-state index is 12.3. The van der Waals surface area contributed by atoms with Crippen molar-refractivity contribution in [3.05, 3.63) is 0 Å². The molecule has 1 fully saturated rings. The fourth-order valence-corrected chi connectivity index (χ4v) is 0.966. The van der Waals surface area contributed by atoms with Gasteiger partial charge in [0, 0.05) is 0 Å². The Morgan fingerprint density at radius 3 is 2.27 bits per heavy atom. The summed E-state index contributed by atoms with van der Waals surface area (Å²) in [6.45, 7) is 0. The van der Waals surface area contributed by atoms with Crippen LogP contribution in [0.2, 0.25) is 0 Å². The zero-order valence-electron chi connectivity index (χ0n) is 5.37. The van der Waals surface area contributed by atoms with Gasteiger partial charge in [-0.15, -0.1) is 0 Å². The van der Waals surface area contributed by atoms with Gasteiger partial charge in [-0.1, -0.05) is 0 Å². The molecule has 0 saturated carbocycles. The maximum absolute atomic E-state index is 12.3. The smallest absolute Gasteiger partial charge is 0.345 e. The molecule has 7 heteroatoms. The third-order valence-electron chi connectivity index (χ3n) is 1.34. The Balaban J connectivity index is 2.47. The zero-order chi connectivity index (χ0) is 8.65. The molecule has 0 radical (unpaired) electrons. The summed E-state index contributed by atoms with van der Waals surface area (Å²) in [5, 5.41) is -3.69. The normalized spacial score (nSPS) is 30.9. The summed E-state index contributed by atoms with van der Waals surface area (Å²) in [4.78, 5) is 0. The molecule has 1 aliphatic rings. The zero-order valence-corrected chi connectivity index (χ0v) is 6.26.